The summed E-state index contributed by atoms with van der Waals surface area (Å²) in [5, 5.41) is 30.9. The van der Waals surface area contributed by atoms with Gasteiger partial charge in [-0.05, 0) is 13.1 Å². The SMILES string of the molecule is CNCC(O)C(O)c1c[nH]c(=O)c(O)c1. The highest BCUT2D eigenvalue weighted by atomic mass is 16.3. The molecule has 1 aromatic heterocycles. The van der Waals surface area contributed by atoms with Crippen LogP contribution in [-0.4, -0.2) is 40.0 Å². The maximum atomic E-state index is 10.8. The van der Waals surface area contributed by atoms with Crippen LogP contribution in [0.4, 0.5) is 0 Å². The van der Waals surface area contributed by atoms with Crippen LogP contribution in [0.1, 0.15) is 11.7 Å². The molecule has 1 aromatic rings. The fraction of sp³-hybridized carbons (Fsp3) is 0.444. The Morgan fingerprint density at radius 3 is 2.73 bits per heavy atom. The quantitative estimate of drug-likeness (QED) is 0.428. The summed E-state index contributed by atoms with van der Waals surface area (Å²) < 4.78 is 0. The van der Waals surface area contributed by atoms with Crippen molar-refractivity contribution in [1.82, 2.24) is 10.3 Å². The molecule has 2 atom stereocenters. The number of aromatic hydroxyl groups is 1. The number of nitrogens with one attached hydrogen (secondary N) is 2. The molecule has 0 saturated heterocycles. The van der Waals surface area contributed by atoms with Gasteiger partial charge in [0.2, 0.25) is 0 Å². The lowest BCUT2D eigenvalue weighted by Gasteiger charge is -2.17. The Balaban J connectivity index is 2.86. The molecule has 0 aliphatic rings. The van der Waals surface area contributed by atoms with Gasteiger partial charge >= 0.3 is 0 Å². The number of aliphatic hydroxyl groups is 2. The Hall–Kier alpha value is -1.37. The molecule has 0 amide bonds. The van der Waals surface area contributed by atoms with E-state index in [0.29, 0.717) is 0 Å². The molecule has 2 unspecified atom stereocenters. The molecule has 0 saturated carbocycles. The number of likely N-dealkylation sites (N-methyl/N-ethyl adjacent to an activating group) is 1. The third-order valence-electron chi connectivity index (χ3n) is 2.03. The normalized spacial score (nSPS) is 14.9. The lowest BCUT2D eigenvalue weighted by atomic mass is 10.1. The van der Waals surface area contributed by atoms with Crippen molar-refractivity contribution in [3.63, 3.8) is 0 Å². The molecule has 6 heteroatoms. The third-order valence-corrected chi connectivity index (χ3v) is 2.03. The van der Waals surface area contributed by atoms with Gasteiger partial charge in [0.1, 0.15) is 6.10 Å². The first kappa shape index (κ1) is 11.7. The molecule has 0 bridgehead atoms. The van der Waals surface area contributed by atoms with E-state index in [1.165, 1.54) is 6.20 Å². The Labute approximate surface area is 86.2 Å². The largest absolute Gasteiger partial charge is 0.503 e. The highest BCUT2D eigenvalue weighted by molar-refractivity contribution is 5.24. The predicted octanol–water partition coefficient (Wildman–Crippen LogP) is -1.31. The van der Waals surface area contributed by atoms with E-state index in [1.54, 1.807) is 7.05 Å². The van der Waals surface area contributed by atoms with Crippen molar-refractivity contribution in [2.45, 2.75) is 12.2 Å². The number of hydrogen-bond acceptors (Lipinski definition) is 5. The van der Waals surface area contributed by atoms with Crippen molar-refractivity contribution in [2.75, 3.05) is 13.6 Å². The summed E-state index contributed by atoms with van der Waals surface area (Å²) in [6.45, 7) is 0.209. The third kappa shape index (κ3) is 2.79. The zero-order valence-corrected chi connectivity index (χ0v) is 8.27. The van der Waals surface area contributed by atoms with E-state index in [2.05, 4.69) is 10.3 Å². The summed E-state index contributed by atoms with van der Waals surface area (Å²) in [6.07, 6.45) is -0.897. The van der Waals surface area contributed by atoms with Crippen molar-refractivity contribution in [3.05, 3.63) is 28.2 Å². The molecule has 6 nitrogen and oxygen atoms in total. The number of rotatable bonds is 4. The van der Waals surface area contributed by atoms with E-state index in [0.717, 1.165) is 6.07 Å². The van der Waals surface area contributed by atoms with Crippen molar-refractivity contribution in [1.29, 1.82) is 0 Å². The van der Waals surface area contributed by atoms with Gasteiger partial charge in [-0.2, -0.15) is 0 Å². The minimum Gasteiger partial charge on any atom is -0.503 e. The van der Waals surface area contributed by atoms with Crippen LogP contribution in [0.25, 0.3) is 0 Å². The lowest BCUT2D eigenvalue weighted by molar-refractivity contribution is 0.0199. The van der Waals surface area contributed by atoms with E-state index >= 15 is 0 Å². The Bertz CT molecular complexity index is 377. The van der Waals surface area contributed by atoms with Gasteiger partial charge in [-0.3, -0.25) is 4.79 Å². The molecule has 0 fully saturated rings. The van der Waals surface area contributed by atoms with Gasteiger partial charge < -0.3 is 25.6 Å². The number of pyridine rings is 1. The average molecular weight is 214 g/mol. The van der Waals surface area contributed by atoms with Gasteiger partial charge in [0.25, 0.3) is 5.56 Å². The van der Waals surface area contributed by atoms with E-state index in [4.69, 9.17) is 5.11 Å². The van der Waals surface area contributed by atoms with E-state index in [-0.39, 0.29) is 12.1 Å². The molecule has 84 valence electrons. The zero-order chi connectivity index (χ0) is 11.4. The topological polar surface area (TPSA) is 106 Å². The first-order valence-corrected chi connectivity index (χ1v) is 4.48. The maximum Gasteiger partial charge on any atom is 0.290 e. The lowest BCUT2D eigenvalue weighted by Crippen LogP contribution is -2.29. The molecule has 0 radical (unpaired) electrons. The molecule has 0 aliphatic heterocycles. The van der Waals surface area contributed by atoms with Gasteiger partial charge in [-0.15, -0.1) is 0 Å². The monoisotopic (exact) mass is 214 g/mol. The molecule has 0 spiro atoms. The standard InChI is InChI=1S/C9H14N2O4/c1-10-4-7(13)8(14)5-2-6(12)9(15)11-3-5/h2-3,7-8,10,12-14H,4H2,1H3,(H,11,15). The molecular weight excluding hydrogens is 200 g/mol. The predicted molar refractivity (Wildman–Crippen MR) is 53.6 cm³/mol. The zero-order valence-electron chi connectivity index (χ0n) is 8.27. The van der Waals surface area contributed by atoms with Gasteiger partial charge in [-0.25, -0.2) is 0 Å². The second kappa shape index (κ2) is 4.92. The average Bonchev–Trinajstić information content (AvgIpc) is 2.21. The highest BCUT2D eigenvalue weighted by Gasteiger charge is 2.18. The van der Waals surface area contributed by atoms with Crippen LogP contribution in [0.3, 0.4) is 0 Å². The minimum absolute atomic E-state index is 0.209. The van der Waals surface area contributed by atoms with Gasteiger partial charge in [0, 0.05) is 18.3 Å². The molecule has 5 N–H and O–H groups in total. The molecular formula is C9H14N2O4. The van der Waals surface area contributed by atoms with Crippen LogP contribution in [0.15, 0.2) is 17.1 Å². The molecule has 15 heavy (non-hydrogen) atoms. The second-order valence-corrected chi connectivity index (χ2v) is 3.22. The number of hydrogen-bond donors (Lipinski definition) is 5. The number of aromatic nitrogens is 1. The van der Waals surface area contributed by atoms with Crippen molar-refractivity contribution in [2.24, 2.45) is 0 Å². The first-order chi connectivity index (χ1) is 7.06. The van der Waals surface area contributed by atoms with Gasteiger partial charge in [0.15, 0.2) is 5.75 Å². The summed E-state index contributed by atoms with van der Waals surface area (Å²) in [5.41, 5.74) is -0.371. The maximum absolute atomic E-state index is 10.8. The second-order valence-electron chi connectivity index (χ2n) is 3.22. The Morgan fingerprint density at radius 2 is 2.20 bits per heavy atom. The van der Waals surface area contributed by atoms with Crippen molar-refractivity contribution >= 4 is 0 Å². The van der Waals surface area contributed by atoms with Crippen LogP contribution in [-0.2, 0) is 0 Å². The summed E-state index contributed by atoms with van der Waals surface area (Å²) in [4.78, 5) is 13.1. The van der Waals surface area contributed by atoms with E-state index in [1.807, 2.05) is 0 Å². The molecule has 1 rings (SSSR count). The van der Waals surface area contributed by atoms with Gasteiger partial charge in [0.05, 0.1) is 6.10 Å². The van der Waals surface area contributed by atoms with Crippen LogP contribution in [0, 0.1) is 0 Å². The number of H-pyrrole nitrogens is 1. The summed E-state index contributed by atoms with van der Waals surface area (Å²) >= 11 is 0. The summed E-state index contributed by atoms with van der Waals surface area (Å²) in [5.74, 6) is -0.483. The number of aromatic amines is 1. The van der Waals surface area contributed by atoms with Crippen molar-refractivity contribution < 1.29 is 15.3 Å². The Morgan fingerprint density at radius 1 is 1.53 bits per heavy atom. The van der Waals surface area contributed by atoms with Crippen LogP contribution < -0.4 is 10.9 Å². The highest BCUT2D eigenvalue weighted by Crippen LogP contribution is 2.17. The van der Waals surface area contributed by atoms with E-state index in [9.17, 15) is 15.0 Å². The molecule has 0 aliphatic carbocycles. The smallest absolute Gasteiger partial charge is 0.290 e. The molecule has 0 aromatic carbocycles. The van der Waals surface area contributed by atoms with Gasteiger partial charge in [-0.1, -0.05) is 0 Å². The fourth-order valence-corrected chi connectivity index (χ4v) is 1.20. The van der Waals surface area contributed by atoms with Crippen molar-refractivity contribution in [3.8, 4) is 5.75 Å². The van der Waals surface area contributed by atoms with Crippen LogP contribution in [0.2, 0.25) is 0 Å². The first-order valence-electron chi connectivity index (χ1n) is 4.48. The fourth-order valence-electron chi connectivity index (χ4n) is 1.20. The minimum atomic E-state index is -1.15. The van der Waals surface area contributed by atoms with E-state index < -0.39 is 23.5 Å². The van der Waals surface area contributed by atoms with Crippen LogP contribution in [0.5, 0.6) is 5.75 Å². The Kier molecular flexibility index (Phi) is 3.84. The number of aliphatic hydroxyl groups excluding tert-OH is 2. The summed E-state index contributed by atoms with van der Waals surface area (Å²) in [7, 11) is 1.64. The van der Waals surface area contributed by atoms with Crippen LogP contribution >= 0.6 is 0 Å². The summed E-state index contributed by atoms with van der Waals surface area (Å²) in [6, 6.07) is 1.13. The molecule has 1 heterocycles.